The van der Waals surface area contributed by atoms with E-state index in [4.69, 9.17) is 0 Å². The molecule has 0 radical (unpaired) electrons. The van der Waals surface area contributed by atoms with Crippen molar-refractivity contribution < 1.29 is 0 Å². The summed E-state index contributed by atoms with van der Waals surface area (Å²) in [5, 5.41) is 16.4. The van der Waals surface area contributed by atoms with Gasteiger partial charge in [0.1, 0.15) is 0 Å². The fourth-order valence-electron chi connectivity index (χ4n) is 2.44. The van der Waals surface area contributed by atoms with Crippen molar-refractivity contribution >= 4 is 11.8 Å². The lowest BCUT2D eigenvalue weighted by Gasteiger charge is -2.17. The van der Waals surface area contributed by atoms with Gasteiger partial charge in [-0.25, -0.2) is 0 Å². The van der Waals surface area contributed by atoms with Crippen LogP contribution >= 0.6 is 11.8 Å². The van der Waals surface area contributed by atoms with Gasteiger partial charge >= 0.3 is 0 Å². The first-order valence-electron chi connectivity index (χ1n) is 8.84. The highest BCUT2D eigenvalue weighted by Crippen LogP contribution is 2.18. The van der Waals surface area contributed by atoms with Gasteiger partial charge in [-0.3, -0.25) is 0 Å². The predicted molar refractivity (Wildman–Crippen MR) is 108 cm³/mol. The standard InChI is InChI=1S/C20H25N5S/c1-14(2)15(3)21-13-16-5-7-17(8-6-16)20-22-24-25(23-20)18-9-11-19(26-4)12-10-18/h5-12,14-15,21H,13H2,1-4H3. The Labute approximate surface area is 159 Å². The summed E-state index contributed by atoms with van der Waals surface area (Å²) in [6.45, 7) is 7.53. The van der Waals surface area contributed by atoms with Gasteiger partial charge in [-0.05, 0) is 54.1 Å². The van der Waals surface area contributed by atoms with Crippen LogP contribution < -0.4 is 5.32 Å². The molecule has 0 saturated heterocycles. The minimum absolute atomic E-state index is 0.494. The van der Waals surface area contributed by atoms with Crippen LogP contribution in [0.2, 0.25) is 0 Å². The van der Waals surface area contributed by atoms with E-state index < -0.39 is 0 Å². The highest BCUT2D eigenvalue weighted by Gasteiger charge is 2.09. The van der Waals surface area contributed by atoms with Gasteiger partial charge in [0, 0.05) is 23.0 Å². The van der Waals surface area contributed by atoms with Gasteiger partial charge in [0.25, 0.3) is 0 Å². The van der Waals surface area contributed by atoms with Crippen LogP contribution in [0.15, 0.2) is 53.4 Å². The maximum absolute atomic E-state index is 4.51. The van der Waals surface area contributed by atoms with Crippen molar-refractivity contribution in [1.82, 2.24) is 25.5 Å². The molecule has 1 N–H and O–H groups in total. The Morgan fingerprint density at radius 2 is 1.69 bits per heavy atom. The van der Waals surface area contributed by atoms with Gasteiger partial charge < -0.3 is 5.32 Å². The van der Waals surface area contributed by atoms with Crippen molar-refractivity contribution in [2.75, 3.05) is 6.26 Å². The molecule has 136 valence electrons. The topological polar surface area (TPSA) is 55.6 Å². The molecule has 0 saturated carbocycles. The van der Waals surface area contributed by atoms with E-state index in [1.165, 1.54) is 10.5 Å². The second kappa shape index (κ2) is 8.47. The van der Waals surface area contributed by atoms with Crippen LogP contribution in [0, 0.1) is 5.92 Å². The van der Waals surface area contributed by atoms with E-state index in [0.717, 1.165) is 17.8 Å². The first-order chi connectivity index (χ1) is 12.6. The van der Waals surface area contributed by atoms with E-state index in [1.54, 1.807) is 16.6 Å². The maximum Gasteiger partial charge on any atom is 0.205 e. The van der Waals surface area contributed by atoms with Crippen LogP contribution in [0.5, 0.6) is 0 Å². The van der Waals surface area contributed by atoms with E-state index in [1.807, 2.05) is 12.1 Å². The van der Waals surface area contributed by atoms with Crippen molar-refractivity contribution in [3.8, 4) is 17.1 Å². The summed E-state index contributed by atoms with van der Waals surface area (Å²) in [6.07, 6.45) is 2.06. The molecule has 0 aliphatic carbocycles. The Balaban J connectivity index is 1.68. The van der Waals surface area contributed by atoms with E-state index in [9.17, 15) is 0 Å². The highest BCUT2D eigenvalue weighted by molar-refractivity contribution is 7.98. The zero-order chi connectivity index (χ0) is 18.5. The summed E-state index contributed by atoms with van der Waals surface area (Å²) in [6, 6.07) is 16.9. The summed E-state index contributed by atoms with van der Waals surface area (Å²) in [5.41, 5.74) is 3.13. The number of nitrogens with one attached hydrogen (secondary N) is 1. The Bertz CT molecular complexity index is 824. The van der Waals surface area contributed by atoms with Crippen molar-refractivity contribution in [2.24, 2.45) is 5.92 Å². The number of nitrogens with zero attached hydrogens (tertiary/aromatic N) is 4. The summed E-state index contributed by atoms with van der Waals surface area (Å²) in [5.74, 6) is 1.26. The number of tetrazole rings is 1. The smallest absolute Gasteiger partial charge is 0.205 e. The molecule has 0 aliphatic rings. The summed E-state index contributed by atoms with van der Waals surface area (Å²) >= 11 is 1.71. The molecular formula is C20H25N5S. The number of rotatable bonds is 7. The van der Waals surface area contributed by atoms with Gasteiger partial charge in [0.15, 0.2) is 0 Å². The lowest BCUT2D eigenvalue weighted by atomic mass is 10.1. The van der Waals surface area contributed by atoms with E-state index >= 15 is 0 Å². The molecule has 2 aromatic carbocycles. The summed E-state index contributed by atoms with van der Waals surface area (Å²) in [4.78, 5) is 2.78. The highest BCUT2D eigenvalue weighted by atomic mass is 32.2. The van der Waals surface area contributed by atoms with Gasteiger partial charge in [-0.15, -0.1) is 26.8 Å². The third-order valence-corrected chi connectivity index (χ3v) is 5.30. The van der Waals surface area contributed by atoms with Crippen LogP contribution in [-0.4, -0.2) is 32.5 Å². The fourth-order valence-corrected chi connectivity index (χ4v) is 2.85. The van der Waals surface area contributed by atoms with Gasteiger partial charge in [0.2, 0.25) is 5.82 Å². The molecular weight excluding hydrogens is 342 g/mol. The van der Waals surface area contributed by atoms with Crippen LogP contribution in [-0.2, 0) is 6.54 Å². The van der Waals surface area contributed by atoms with E-state index in [2.05, 4.69) is 84.2 Å². The van der Waals surface area contributed by atoms with E-state index in [0.29, 0.717) is 17.8 Å². The molecule has 1 atom stereocenters. The minimum atomic E-state index is 0.494. The van der Waals surface area contributed by atoms with E-state index in [-0.39, 0.29) is 0 Å². The SMILES string of the molecule is CSc1ccc(-n2nnc(-c3ccc(CNC(C)C(C)C)cc3)n2)cc1. The first kappa shape index (κ1) is 18.6. The zero-order valence-corrected chi connectivity index (χ0v) is 16.5. The van der Waals surface area contributed by atoms with Crippen molar-refractivity contribution in [2.45, 2.75) is 38.3 Å². The van der Waals surface area contributed by atoms with Crippen LogP contribution in [0.3, 0.4) is 0 Å². The van der Waals surface area contributed by atoms with Gasteiger partial charge in [0.05, 0.1) is 5.69 Å². The average Bonchev–Trinajstić information content (AvgIpc) is 3.16. The molecule has 0 amide bonds. The molecule has 1 unspecified atom stereocenters. The quantitative estimate of drug-likeness (QED) is 0.635. The molecule has 6 heteroatoms. The number of hydrogen-bond acceptors (Lipinski definition) is 5. The predicted octanol–water partition coefficient (Wildman–Crippen LogP) is 4.19. The molecule has 0 bridgehead atoms. The third-order valence-electron chi connectivity index (χ3n) is 4.56. The Kier molecular flexibility index (Phi) is 6.06. The monoisotopic (exact) mass is 367 g/mol. The van der Waals surface area contributed by atoms with Crippen molar-refractivity contribution in [1.29, 1.82) is 0 Å². The Morgan fingerprint density at radius 3 is 2.31 bits per heavy atom. The van der Waals surface area contributed by atoms with Crippen molar-refractivity contribution in [3.63, 3.8) is 0 Å². The molecule has 26 heavy (non-hydrogen) atoms. The van der Waals surface area contributed by atoms with Crippen molar-refractivity contribution in [3.05, 3.63) is 54.1 Å². The molecule has 0 aliphatic heterocycles. The summed E-state index contributed by atoms with van der Waals surface area (Å²) < 4.78 is 0. The second-order valence-electron chi connectivity index (χ2n) is 6.71. The number of thioether (sulfide) groups is 1. The lowest BCUT2D eigenvalue weighted by Crippen LogP contribution is -2.30. The largest absolute Gasteiger partial charge is 0.310 e. The van der Waals surface area contributed by atoms with Crippen LogP contribution in [0.4, 0.5) is 0 Å². The maximum atomic E-state index is 4.51. The lowest BCUT2D eigenvalue weighted by molar-refractivity contribution is 0.426. The second-order valence-corrected chi connectivity index (χ2v) is 7.59. The Hall–Kier alpha value is -2.18. The van der Waals surface area contributed by atoms with Crippen LogP contribution in [0.1, 0.15) is 26.3 Å². The molecule has 5 nitrogen and oxygen atoms in total. The minimum Gasteiger partial charge on any atom is -0.310 e. The summed E-state index contributed by atoms with van der Waals surface area (Å²) in [7, 11) is 0. The molecule has 0 fully saturated rings. The van der Waals surface area contributed by atoms with Crippen LogP contribution in [0.25, 0.3) is 17.1 Å². The molecule has 3 rings (SSSR count). The van der Waals surface area contributed by atoms with Gasteiger partial charge in [-0.2, -0.15) is 0 Å². The fraction of sp³-hybridized carbons (Fsp3) is 0.350. The molecule has 1 heterocycles. The normalized spacial score (nSPS) is 12.5. The number of hydrogen-bond donors (Lipinski definition) is 1. The third kappa shape index (κ3) is 4.51. The number of aromatic nitrogens is 4. The first-order valence-corrected chi connectivity index (χ1v) is 10.1. The molecule has 1 aromatic heterocycles. The molecule has 0 spiro atoms. The average molecular weight is 368 g/mol. The van der Waals surface area contributed by atoms with Gasteiger partial charge in [-0.1, -0.05) is 38.1 Å². The molecule has 3 aromatic rings. The zero-order valence-electron chi connectivity index (χ0n) is 15.7. The number of benzene rings is 2. The Morgan fingerprint density at radius 1 is 1.00 bits per heavy atom.